The van der Waals surface area contributed by atoms with Gasteiger partial charge in [-0.15, -0.1) is 0 Å². The molecule has 2 aliphatic heterocycles. The van der Waals surface area contributed by atoms with Gasteiger partial charge >= 0.3 is 0 Å². The van der Waals surface area contributed by atoms with Crippen molar-refractivity contribution in [3.8, 4) is 0 Å². The summed E-state index contributed by atoms with van der Waals surface area (Å²) in [5.41, 5.74) is 0.623. The molecule has 0 aromatic carbocycles. The molecule has 0 amide bonds. The fourth-order valence-corrected chi connectivity index (χ4v) is 3.81. The zero-order valence-corrected chi connectivity index (χ0v) is 14.9. The average Bonchev–Trinajstić information content (AvgIpc) is 2.91. The van der Waals surface area contributed by atoms with Crippen LogP contribution in [0.15, 0.2) is 0 Å². The molecule has 0 radical (unpaired) electrons. The minimum Gasteiger partial charge on any atom is -0.378 e. The fourth-order valence-electron chi connectivity index (χ4n) is 3.81. The number of hydrogen-bond donors (Lipinski definition) is 1. The lowest BCUT2D eigenvalue weighted by Crippen LogP contribution is -2.65. The van der Waals surface area contributed by atoms with E-state index in [1.54, 1.807) is 0 Å². The summed E-state index contributed by atoms with van der Waals surface area (Å²) >= 11 is 0. The van der Waals surface area contributed by atoms with E-state index in [1.165, 1.54) is 45.2 Å². The monoisotopic (exact) mass is 296 g/mol. The van der Waals surface area contributed by atoms with Gasteiger partial charge in [0.25, 0.3) is 0 Å². The van der Waals surface area contributed by atoms with Gasteiger partial charge in [-0.2, -0.15) is 0 Å². The second kappa shape index (κ2) is 6.97. The highest BCUT2D eigenvalue weighted by Crippen LogP contribution is 2.30. The van der Waals surface area contributed by atoms with Crippen LogP contribution in [0.25, 0.3) is 0 Å². The van der Waals surface area contributed by atoms with E-state index < -0.39 is 0 Å². The van der Waals surface area contributed by atoms with Crippen LogP contribution in [-0.2, 0) is 4.74 Å². The number of rotatable bonds is 5. The van der Waals surface area contributed by atoms with Gasteiger partial charge in [-0.05, 0) is 51.0 Å². The number of nitrogens with zero attached hydrogens (tertiary/aromatic N) is 1. The lowest BCUT2D eigenvalue weighted by molar-refractivity contribution is 0.0213. The van der Waals surface area contributed by atoms with Crippen molar-refractivity contribution < 1.29 is 4.74 Å². The molecule has 2 aliphatic rings. The smallest absolute Gasteiger partial charge is 0.0576 e. The molecule has 2 rings (SSSR count). The minimum absolute atomic E-state index is 0.283. The molecule has 124 valence electrons. The summed E-state index contributed by atoms with van der Waals surface area (Å²) in [7, 11) is 0. The Labute approximate surface area is 131 Å². The Hall–Kier alpha value is -0.120. The van der Waals surface area contributed by atoms with Gasteiger partial charge in [0.05, 0.1) is 6.10 Å². The summed E-state index contributed by atoms with van der Waals surface area (Å²) in [6.45, 7) is 16.3. The molecule has 0 aromatic heterocycles. The van der Waals surface area contributed by atoms with E-state index in [9.17, 15) is 0 Å². The molecular formula is C18H36N2O. The highest BCUT2D eigenvalue weighted by atomic mass is 16.5. The van der Waals surface area contributed by atoms with Crippen LogP contribution < -0.4 is 5.32 Å². The van der Waals surface area contributed by atoms with Crippen LogP contribution in [0.2, 0.25) is 0 Å². The van der Waals surface area contributed by atoms with Gasteiger partial charge in [0, 0.05) is 31.3 Å². The van der Waals surface area contributed by atoms with Crippen LogP contribution >= 0.6 is 0 Å². The maximum absolute atomic E-state index is 5.77. The normalized spacial score (nSPS) is 35.3. The van der Waals surface area contributed by atoms with E-state index in [0.29, 0.717) is 17.6 Å². The fraction of sp³-hybridized carbons (Fsp3) is 1.00. The molecule has 0 spiro atoms. The van der Waals surface area contributed by atoms with E-state index >= 15 is 0 Å². The van der Waals surface area contributed by atoms with Gasteiger partial charge in [0.15, 0.2) is 0 Å². The van der Waals surface area contributed by atoms with Gasteiger partial charge in [0.2, 0.25) is 0 Å². The summed E-state index contributed by atoms with van der Waals surface area (Å²) in [5.74, 6) is 0. The highest BCUT2D eigenvalue weighted by Gasteiger charge is 2.39. The standard InChI is InChI=1S/C18H36N2O/c1-6-18(5)14-20(16(13-19-18)17(2,3)4)11-7-9-15-10-8-12-21-15/h15-16,19H,6-14H2,1-5H3. The third-order valence-corrected chi connectivity index (χ3v) is 5.49. The van der Waals surface area contributed by atoms with Crippen molar-refractivity contribution in [1.29, 1.82) is 0 Å². The van der Waals surface area contributed by atoms with E-state index in [2.05, 4.69) is 44.8 Å². The molecule has 3 unspecified atom stereocenters. The first kappa shape index (κ1) is 17.2. The number of nitrogens with one attached hydrogen (secondary N) is 1. The molecule has 2 heterocycles. The zero-order valence-electron chi connectivity index (χ0n) is 14.9. The number of ether oxygens (including phenoxy) is 1. The first-order valence-electron chi connectivity index (χ1n) is 8.95. The molecule has 21 heavy (non-hydrogen) atoms. The van der Waals surface area contributed by atoms with Crippen molar-refractivity contribution in [2.24, 2.45) is 5.41 Å². The van der Waals surface area contributed by atoms with Crippen LogP contribution in [-0.4, -0.2) is 48.8 Å². The highest BCUT2D eigenvalue weighted by molar-refractivity contribution is 4.98. The quantitative estimate of drug-likeness (QED) is 0.841. The van der Waals surface area contributed by atoms with Crippen molar-refractivity contribution in [3.05, 3.63) is 0 Å². The summed E-state index contributed by atoms with van der Waals surface area (Å²) in [5, 5.41) is 3.80. The largest absolute Gasteiger partial charge is 0.378 e. The molecule has 0 saturated carbocycles. The van der Waals surface area contributed by atoms with Crippen LogP contribution in [0, 0.1) is 5.41 Å². The predicted molar refractivity (Wildman–Crippen MR) is 89.7 cm³/mol. The Kier molecular flexibility index (Phi) is 5.72. The molecule has 0 aromatic rings. The molecule has 2 saturated heterocycles. The molecule has 3 nitrogen and oxygen atoms in total. The average molecular weight is 296 g/mol. The summed E-state index contributed by atoms with van der Waals surface area (Å²) in [4.78, 5) is 2.74. The first-order chi connectivity index (χ1) is 9.84. The number of hydrogen-bond acceptors (Lipinski definition) is 3. The Morgan fingerprint density at radius 1 is 1.33 bits per heavy atom. The third-order valence-electron chi connectivity index (χ3n) is 5.49. The Bertz CT molecular complexity index is 320. The van der Waals surface area contributed by atoms with E-state index in [1.807, 2.05) is 0 Å². The number of piperazine rings is 1. The maximum Gasteiger partial charge on any atom is 0.0576 e. The summed E-state index contributed by atoms with van der Waals surface area (Å²) < 4.78 is 5.77. The second-order valence-corrected chi connectivity index (χ2v) is 8.42. The maximum atomic E-state index is 5.77. The second-order valence-electron chi connectivity index (χ2n) is 8.42. The van der Waals surface area contributed by atoms with Gasteiger partial charge in [-0.3, -0.25) is 4.90 Å². The third kappa shape index (κ3) is 4.67. The van der Waals surface area contributed by atoms with Crippen LogP contribution in [0.5, 0.6) is 0 Å². The molecule has 2 fully saturated rings. The van der Waals surface area contributed by atoms with Gasteiger partial charge < -0.3 is 10.1 Å². The predicted octanol–water partition coefficient (Wildman–Crippen LogP) is 3.43. The van der Waals surface area contributed by atoms with Gasteiger partial charge in [0.1, 0.15) is 0 Å². The van der Waals surface area contributed by atoms with E-state index in [-0.39, 0.29) is 5.54 Å². The lowest BCUT2D eigenvalue weighted by Gasteiger charge is -2.50. The molecule has 0 bridgehead atoms. The van der Waals surface area contributed by atoms with E-state index in [0.717, 1.165) is 13.2 Å². The lowest BCUT2D eigenvalue weighted by atomic mass is 9.81. The van der Waals surface area contributed by atoms with Crippen molar-refractivity contribution >= 4 is 0 Å². The first-order valence-corrected chi connectivity index (χ1v) is 8.95. The van der Waals surface area contributed by atoms with Crippen molar-refractivity contribution in [1.82, 2.24) is 10.2 Å². The summed E-state index contributed by atoms with van der Waals surface area (Å²) in [6.07, 6.45) is 6.79. The Morgan fingerprint density at radius 3 is 2.67 bits per heavy atom. The van der Waals surface area contributed by atoms with E-state index in [4.69, 9.17) is 4.74 Å². The SMILES string of the molecule is CCC1(C)CN(CCCC2CCCO2)C(C(C)(C)C)CN1. The van der Waals surface area contributed by atoms with Crippen molar-refractivity contribution in [3.63, 3.8) is 0 Å². The minimum atomic E-state index is 0.283. The molecule has 1 N–H and O–H groups in total. The van der Waals surface area contributed by atoms with Crippen LogP contribution in [0.3, 0.4) is 0 Å². The summed E-state index contributed by atoms with van der Waals surface area (Å²) in [6, 6.07) is 0.640. The molecule has 3 heteroatoms. The van der Waals surface area contributed by atoms with Gasteiger partial charge in [-0.1, -0.05) is 27.7 Å². The van der Waals surface area contributed by atoms with Crippen LogP contribution in [0.4, 0.5) is 0 Å². The van der Waals surface area contributed by atoms with Gasteiger partial charge in [-0.25, -0.2) is 0 Å². The van der Waals surface area contributed by atoms with Crippen molar-refractivity contribution in [2.45, 2.75) is 84.4 Å². The molecular weight excluding hydrogens is 260 g/mol. The van der Waals surface area contributed by atoms with Crippen LogP contribution in [0.1, 0.15) is 66.7 Å². The zero-order chi connectivity index (χ0) is 15.5. The van der Waals surface area contributed by atoms with Crippen molar-refractivity contribution in [2.75, 3.05) is 26.2 Å². The Balaban J connectivity index is 1.89. The molecule has 0 aliphatic carbocycles. The Morgan fingerprint density at radius 2 is 2.10 bits per heavy atom. The molecule has 3 atom stereocenters. The topological polar surface area (TPSA) is 24.5 Å².